The van der Waals surface area contributed by atoms with Crippen molar-refractivity contribution in [3.8, 4) is 0 Å². The lowest BCUT2D eigenvalue weighted by atomic mass is 10.1. The lowest BCUT2D eigenvalue weighted by Gasteiger charge is -2.17. The van der Waals surface area contributed by atoms with E-state index in [1.807, 2.05) is 16.8 Å². The van der Waals surface area contributed by atoms with E-state index in [9.17, 15) is 9.59 Å². The van der Waals surface area contributed by atoms with Gasteiger partial charge in [0.1, 0.15) is 11.6 Å². The molecule has 0 bridgehead atoms. The summed E-state index contributed by atoms with van der Waals surface area (Å²) in [5.41, 5.74) is 0. The van der Waals surface area contributed by atoms with Gasteiger partial charge in [-0.05, 0) is 37.8 Å². The molecular formula is C18H22N4O3. The molecule has 25 heavy (non-hydrogen) atoms. The number of anilines is 1. The number of hydrogen-bond donors (Lipinski definition) is 1. The van der Waals surface area contributed by atoms with Crippen molar-refractivity contribution in [2.75, 3.05) is 11.9 Å². The predicted octanol–water partition coefficient (Wildman–Crippen LogP) is 2.43. The molecule has 1 aliphatic heterocycles. The smallest absolute Gasteiger partial charge is 0.230 e. The molecule has 1 aliphatic carbocycles. The second-order valence-electron chi connectivity index (χ2n) is 6.98. The third kappa shape index (κ3) is 3.31. The zero-order chi connectivity index (χ0) is 17.4. The van der Waals surface area contributed by atoms with E-state index in [2.05, 4.69) is 17.3 Å². The number of furan rings is 1. The molecule has 2 aliphatic rings. The Morgan fingerprint density at radius 3 is 3.00 bits per heavy atom. The van der Waals surface area contributed by atoms with Gasteiger partial charge in [0, 0.05) is 19.0 Å². The summed E-state index contributed by atoms with van der Waals surface area (Å²) in [6, 6.07) is 5.72. The van der Waals surface area contributed by atoms with Crippen molar-refractivity contribution in [2.24, 2.45) is 11.8 Å². The van der Waals surface area contributed by atoms with E-state index in [0.29, 0.717) is 24.8 Å². The molecular weight excluding hydrogens is 320 g/mol. The molecule has 0 unspecified atom stereocenters. The summed E-state index contributed by atoms with van der Waals surface area (Å²) in [5.74, 6) is 1.60. The Morgan fingerprint density at radius 1 is 1.44 bits per heavy atom. The standard InChI is InChI=1S/C18H22N4O3/c1-12(13-4-5-13)22-16(6-7-19-22)20-18(24)14-9-17(23)21(10-14)11-15-3-2-8-25-15/h2-3,6-8,12-14H,4-5,9-11H2,1H3,(H,20,24)/t12-,14-/m0/s1. The van der Waals surface area contributed by atoms with Gasteiger partial charge in [0.15, 0.2) is 0 Å². The number of aromatic nitrogens is 2. The van der Waals surface area contributed by atoms with Crippen LogP contribution in [0.1, 0.15) is 38.0 Å². The van der Waals surface area contributed by atoms with Crippen LogP contribution < -0.4 is 5.32 Å². The molecule has 2 amide bonds. The number of carbonyl (C=O) groups is 2. The van der Waals surface area contributed by atoms with Crippen LogP contribution in [-0.2, 0) is 16.1 Å². The number of nitrogens with zero attached hydrogens (tertiary/aromatic N) is 3. The molecule has 1 N–H and O–H groups in total. The van der Waals surface area contributed by atoms with Gasteiger partial charge in [-0.15, -0.1) is 0 Å². The van der Waals surface area contributed by atoms with E-state index in [0.717, 1.165) is 5.76 Å². The van der Waals surface area contributed by atoms with Crippen LogP contribution >= 0.6 is 0 Å². The highest BCUT2D eigenvalue weighted by Crippen LogP contribution is 2.40. The summed E-state index contributed by atoms with van der Waals surface area (Å²) >= 11 is 0. The summed E-state index contributed by atoms with van der Waals surface area (Å²) in [6.07, 6.45) is 5.96. The highest BCUT2D eigenvalue weighted by molar-refractivity contribution is 5.96. The largest absolute Gasteiger partial charge is 0.467 e. The first-order valence-corrected chi connectivity index (χ1v) is 8.76. The summed E-state index contributed by atoms with van der Waals surface area (Å²) in [4.78, 5) is 26.5. The number of rotatable bonds is 6. The van der Waals surface area contributed by atoms with E-state index in [1.165, 1.54) is 12.8 Å². The SMILES string of the molecule is C[C@@H](C1CC1)n1nccc1NC(=O)[C@H]1CC(=O)N(Cc2ccco2)C1. The molecule has 2 aromatic rings. The van der Waals surface area contributed by atoms with Crippen molar-refractivity contribution in [3.05, 3.63) is 36.4 Å². The number of nitrogens with one attached hydrogen (secondary N) is 1. The Balaban J connectivity index is 1.39. The van der Waals surface area contributed by atoms with Gasteiger partial charge in [-0.1, -0.05) is 0 Å². The van der Waals surface area contributed by atoms with Crippen molar-refractivity contribution in [2.45, 2.75) is 38.8 Å². The van der Waals surface area contributed by atoms with Crippen molar-refractivity contribution in [1.82, 2.24) is 14.7 Å². The molecule has 1 saturated heterocycles. The van der Waals surface area contributed by atoms with Gasteiger partial charge in [-0.3, -0.25) is 9.59 Å². The van der Waals surface area contributed by atoms with Crippen molar-refractivity contribution < 1.29 is 14.0 Å². The third-order valence-corrected chi connectivity index (χ3v) is 5.12. The van der Waals surface area contributed by atoms with Crippen molar-refractivity contribution in [1.29, 1.82) is 0 Å². The first-order chi connectivity index (χ1) is 12.1. The summed E-state index contributed by atoms with van der Waals surface area (Å²) in [6.45, 7) is 2.95. The van der Waals surface area contributed by atoms with Gasteiger partial charge in [0.2, 0.25) is 11.8 Å². The fraction of sp³-hybridized carbons (Fsp3) is 0.500. The maximum absolute atomic E-state index is 12.6. The Labute approximate surface area is 146 Å². The lowest BCUT2D eigenvalue weighted by molar-refractivity contribution is -0.128. The Hall–Kier alpha value is -2.57. The second kappa shape index (κ2) is 6.38. The summed E-state index contributed by atoms with van der Waals surface area (Å²) < 4.78 is 7.17. The minimum absolute atomic E-state index is 0.0172. The van der Waals surface area contributed by atoms with Gasteiger partial charge in [-0.2, -0.15) is 5.10 Å². The fourth-order valence-electron chi connectivity index (χ4n) is 3.44. The molecule has 132 valence electrons. The number of likely N-dealkylation sites (tertiary alicyclic amines) is 1. The first-order valence-electron chi connectivity index (χ1n) is 8.76. The Morgan fingerprint density at radius 2 is 2.28 bits per heavy atom. The van der Waals surface area contributed by atoms with Crippen LogP contribution in [0.2, 0.25) is 0 Å². The van der Waals surface area contributed by atoms with Crippen molar-refractivity contribution in [3.63, 3.8) is 0 Å². The minimum atomic E-state index is -0.345. The highest BCUT2D eigenvalue weighted by Gasteiger charge is 2.36. The molecule has 3 heterocycles. The molecule has 2 atom stereocenters. The van der Waals surface area contributed by atoms with E-state index in [1.54, 1.807) is 23.4 Å². The van der Waals surface area contributed by atoms with Crippen LogP contribution in [-0.4, -0.2) is 33.0 Å². The van der Waals surface area contributed by atoms with E-state index in [-0.39, 0.29) is 30.2 Å². The maximum Gasteiger partial charge on any atom is 0.230 e. The topological polar surface area (TPSA) is 80.4 Å². The number of amides is 2. The molecule has 1 saturated carbocycles. The minimum Gasteiger partial charge on any atom is -0.467 e. The van der Waals surface area contributed by atoms with Crippen LogP contribution in [0.4, 0.5) is 5.82 Å². The maximum atomic E-state index is 12.6. The normalized spacial score (nSPS) is 21.6. The summed E-state index contributed by atoms with van der Waals surface area (Å²) in [7, 11) is 0. The zero-order valence-corrected chi connectivity index (χ0v) is 14.2. The predicted molar refractivity (Wildman–Crippen MR) is 90.5 cm³/mol. The van der Waals surface area contributed by atoms with E-state index < -0.39 is 0 Å². The lowest BCUT2D eigenvalue weighted by Crippen LogP contribution is -2.28. The van der Waals surface area contributed by atoms with Gasteiger partial charge >= 0.3 is 0 Å². The molecule has 0 aromatic carbocycles. The molecule has 0 radical (unpaired) electrons. The van der Waals surface area contributed by atoms with E-state index >= 15 is 0 Å². The molecule has 2 aromatic heterocycles. The second-order valence-corrected chi connectivity index (χ2v) is 6.98. The van der Waals surface area contributed by atoms with E-state index in [4.69, 9.17) is 4.42 Å². The van der Waals surface area contributed by atoms with Crippen LogP contribution in [0.5, 0.6) is 0 Å². The van der Waals surface area contributed by atoms with Crippen LogP contribution in [0.15, 0.2) is 35.1 Å². The molecule has 4 rings (SSSR count). The summed E-state index contributed by atoms with van der Waals surface area (Å²) in [5, 5.41) is 7.30. The molecule has 0 spiro atoms. The Kier molecular flexibility index (Phi) is 4.07. The fourth-order valence-corrected chi connectivity index (χ4v) is 3.44. The zero-order valence-electron chi connectivity index (χ0n) is 14.2. The highest BCUT2D eigenvalue weighted by atomic mass is 16.3. The average molecular weight is 342 g/mol. The van der Waals surface area contributed by atoms with Gasteiger partial charge in [0.05, 0.1) is 31.0 Å². The van der Waals surface area contributed by atoms with Crippen LogP contribution in [0.3, 0.4) is 0 Å². The van der Waals surface area contributed by atoms with Gasteiger partial charge < -0.3 is 14.6 Å². The molecule has 2 fully saturated rings. The number of hydrogen-bond acceptors (Lipinski definition) is 4. The number of carbonyl (C=O) groups excluding carboxylic acids is 2. The molecule has 7 heteroatoms. The molecule has 7 nitrogen and oxygen atoms in total. The quantitative estimate of drug-likeness (QED) is 0.874. The average Bonchev–Trinajstić information content (AvgIpc) is 2.96. The van der Waals surface area contributed by atoms with Gasteiger partial charge in [0.25, 0.3) is 0 Å². The van der Waals surface area contributed by atoms with Crippen molar-refractivity contribution >= 4 is 17.6 Å². The first kappa shape index (κ1) is 15.9. The third-order valence-electron chi connectivity index (χ3n) is 5.12. The monoisotopic (exact) mass is 342 g/mol. The van der Waals surface area contributed by atoms with Gasteiger partial charge in [-0.25, -0.2) is 4.68 Å². The Bertz CT molecular complexity index is 763. The van der Waals surface area contributed by atoms with Crippen LogP contribution in [0, 0.1) is 11.8 Å². The van der Waals surface area contributed by atoms with Crippen LogP contribution in [0.25, 0.3) is 0 Å².